The van der Waals surface area contributed by atoms with E-state index in [0.717, 1.165) is 17.0 Å². The van der Waals surface area contributed by atoms with Crippen LogP contribution in [0.5, 0.6) is 0 Å². The zero-order valence-electron chi connectivity index (χ0n) is 14.9. The highest BCUT2D eigenvalue weighted by molar-refractivity contribution is 5.91. The van der Waals surface area contributed by atoms with Crippen molar-refractivity contribution in [1.29, 1.82) is 0 Å². The molecule has 1 aromatic carbocycles. The number of benzene rings is 1. The standard InChI is InChI=1S/C18H18N8O/c1-12-10-13(2)26-16(23-24-18(26)21-12)17(27)22-15(11-25-19-8-9-20-25)14-6-4-3-5-7-14/h3-10,15H,11H2,1-2H3,(H,22,27). The number of amides is 1. The summed E-state index contributed by atoms with van der Waals surface area (Å²) in [6.07, 6.45) is 3.21. The van der Waals surface area contributed by atoms with Gasteiger partial charge in [-0.05, 0) is 25.5 Å². The Morgan fingerprint density at radius 2 is 1.85 bits per heavy atom. The van der Waals surface area contributed by atoms with Crippen molar-refractivity contribution in [2.45, 2.75) is 26.4 Å². The molecule has 1 atom stereocenters. The van der Waals surface area contributed by atoms with Crippen LogP contribution in [0.2, 0.25) is 0 Å². The largest absolute Gasteiger partial charge is 0.341 e. The van der Waals surface area contributed by atoms with E-state index in [-0.39, 0.29) is 17.8 Å². The van der Waals surface area contributed by atoms with Crippen LogP contribution in [0.4, 0.5) is 0 Å². The van der Waals surface area contributed by atoms with E-state index >= 15 is 0 Å². The van der Waals surface area contributed by atoms with Crippen molar-refractivity contribution in [3.8, 4) is 0 Å². The van der Waals surface area contributed by atoms with Gasteiger partial charge in [0, 0.05) is 11.4 Å². The molecule has 0 fully saturated rings. The van der Waals surface area contributed by atoms with Crippen LogP contribution in [0.15, 0.2) is 48.8 Å². The minimum absolute atomic E-state index is 0.198. The SMILES string of the molecule is Cc1cc(C)n2c(C(=O)NC(Cn3nccn3)c3ccccc3)nnc2n1. The maximum absolute atomic E-state index is 13.0. The summed E-state index contributed by atoms with van der Waals surface area (Å²) in [5.41, 5.74) is 2.62. The van der Waals surface area contributed by atoms with Crippen molar-refractivity contribution in [1.82, 2.24) is 39.9 Å². The number of carbonyl (C=O) groups excluding carboxylic acids is 1. The highest BCUT2D eigenvalue weighted by Crippen LogP contribution is 2.16. The maximum Gasteiger partial charge on any atom is 0.290 e. The van der Waals surface area contributed by atoms with E-state index in [2.05, 4.69) is 30.7 Å². The highest BCUT2D eigenvalue weighted by atomic mass is 16.2. The van der Waals surface area contributed by atoms with Gasteiger partial charge in [-0.25, -0.2) is 4.98 Å². The smallest absolute Gasteiger partial charge is 0.290 e. The van der Waals surface area contributed by atoms with Gasteiger partial charge >= 0.3 is 0 Å². The second-order valence-corrected chi connectivity index (χ2v) is 6.22. The first-order valence-corrected chi connectivity index (χ1v) is 8.51. The molecule has 4 rings (SSSR count). The minimum atomic E-state index is -0.336. The number of hydrogen-bond acceptors (Lipinski definition) is 6. The molecule has 1 unspecified atom stereocenters. The van der Waals surface area contributed by atoms with Gasteiger partial charge in [0.15, 0.2) is 0 Å². The lowest BCUT2D eigenvalue weighted by Crippen LogP contribution is -2.33. The minimum Gasteiger partial charge on any atom is -0.341 e. The molecule has 0 spiro atoms. The average Bonchev–Trinajstić information content (AvgIpc) is 3.31. The van der Waals surface area contributed by atoms with E-state index in [1.807, 2.05) is 50.2 Å². The normalized spacial score (nSPS) is 12.2. The van der Waals surface area contributed by atoms with Crippen molar-refractivity contribution in [3.63, 3.8) is 0 Å². The summed E-state index contributed by atoms with van der Waals surface area (Å²) in [4.78, 5) is 18.8. The molecule has 0 aliphatic rings. The summed E-state index contributed by atoms with van der Waals surface area (Å²) in [7, 11) is 0. The average molecular weight is 362 g/mol. The molecule has 0 radical (unpaired) electrons. The lowest BCUT2D eigenvalue weighted by molar-refractivity contribution is 0.0918. The van der Waals surface area contributed by atoms with E-state index in [1.54, 1.807) is 16.8 Å². The number of aryl methyl sites for hydroxylation is 2. The van der Waals surface area contributed by atoms with Crippen LogP contribution in [0.25, 0.3) is 5.78 Å². The summed E-state index contributed by atoms with van der Waals surface area (Å²) in [6.45, 7) is 4.17. The zero-order valence-corrected chi connectivity index (χ0v) is 14.9. The van der Waals surface area contributed by atoms with E-state index in [0.29, 0.717) is 12.3 Å². The quantitative estimate of drug-likeness (QED) is 0.577. The number of carbonyl (C=O) groups is 1. The van der Waals surface area contributed by atoms with Crippen LogP contribution in [-0.2, 0) is 6.54 Å². The number of rotatable bonds is 5. The number of nitrogens with zero attached hydrogens (tertiary/aromatic N) is 7. The van der Waals surface area contributed by atoms with Crippen LogP contribution < -0.4 is 5.32 Å². The Morgan fingerprint density at radius 1 is 1.11 bits per heavy atom. The molecule has 3 heterocycles. The van der Waals surface area contributed by atoms with Crippen LogP contribution in [-0.4, -0.2) is 40.5 Å². The molecule has 27 heavy (non-hydrogen) atoms. The molecule has 9 heteroatoms. The Balaban J connectivity index is 1.66. The topological polar surface area (TPSA) is 103 Å². The molecule has 136 valence electrons. The Hall–Kier alpha value is -3.62. The lowest BCUT2D eigenvalue weighted by atomic mass is 10.1. The second-order valence-electron chi connectivity index (χ2n) is 6.22. The van der Waals surface area contributed by atoms with Gasteiger partial charge in [-0.3, -0.25) is 9.20 Å². The zero-order chi connectivity index (χ0) is 18.8. The fourth-order valence-corrected chi connectivity index (χ4v) is 3.02. The van der Waals surface area contributed by atoms with Crippen LogP contribution in [0, 0.1) is 13.8 Å². The first-order valence-electron chi connectivity index (χ1n) is 8.51. The summed E-state index contributed by atoms with van der Waals surface area (Å²) in [5, 5.41) is 19.4. The molecule has 9 nitrogen and oxygen atoms in total. The van der Waals surface area contributed by atoms with Crippen LogP contribution in [0.3, 0.4) is 0 Å². The number of hydrogen-bond donors (Lipinski definition) is 1. The van der Waals surface area contributed by atoms with Crippen LogP contribution >= 0.6 is 0 Å². The van der Waals surface area contributed by atoms with Gasteiger partial charge in [0.05, 0.1) is 25.0 Å². The summed E-state index contributed by atoms with van der Waals surface area (Å²) >= 11 is 0. The van der Waals surface area contributed by atoms with Gasteiger partial charge in [0.1, 0.15) is 0 Å². The van der Waals surface area contributed by atoms with Gasteiger partial charge in [-0.15, -0.1) is 10.2 Å². The van der Waals surface area contributed by atoms with Crippen molar-refractivity contribution in [3.05, 3.63) is 71.6 Å². The van der Waals surface area contributed by atoms with Gasteiger partial charge in [-0.1, -0.05) is 30.3 Å². The van der Waals surface area contributed by atoms with E-state index in [4.69, 9.17) is 0 Å². The van der Waals surface area contributed by atoms with Crippen molar-refractivity contribution in [2.24, 2.45) is 0 Å². The first-order chi connectivity index (χ1) is 13.1. The fourth-order valence-electron chi connectivity index (χ4n) is 3.02. The van der Waals surface area contributed by atoms with E-state index in [1.165, 1.54) is 4.80 Å². The van der Waals surface area contributed by atoms with Gasteiger partial charge < -0.3 is 5.32 Å². The van der Waals surface area contributed by atoms with Crippen molar-refractivity contribution >= 4 is 11.7 Å². The Labute approximate surface area is 155 Å². The molecule has 0 aliphatic heterocycles. The summed E-state index contributed by atoms with van der Waals surface area (Å²) < 4.78 is 1.65. The van der Waals surface area contributed by atoms with Crippen molar-refractivity contribution in [2.75, 3.05) is 0 Å². The predicted octanol–water partition coefficient (Wildman–Crippen LogP) is 1.50. The maximum atomic E-state index is 13.0. The van der Waals surface area contributed by atoms with Gasteiger partial charge in [-0.2, -0.15) is 15.0 Å². The van der Waals surface area contributed by atoms with Gasteiger partial charge in [0.2, 0.25) is 5.82 Å². The predicted molar refractivity (Wildman–Crippen MR) is 96.9 cm³/mol. The molecular formula is C18H18N8O. The Kier molecular flexibility index (Phi) is 4.33. The number of nitrogens with one attached hydrogen (secondary N) is 1. The molecule has 1 amide bonds. The molecule has 0 bridgehead atoms. The van der Waals surface area contributed by atoms with E-state index < -0.39 is 0 Å². The third-order valence-corrected chi connectivity index (χ3v) is 4.22. The molecule has 0 saturated carbocycles. The third-order valence-electron chi connectivity index (χ3n) is 4.22. The van der Waals surface area contributed by atoms with Crippen molar-refractivity contribution < 1.29 is 4.79 Å². The molecule has 0 aliphatic carbocycles. The Bertz CT molecular complexity index is 1070. The second kappa shape index (κ2) is 6.94. The number of aromatic nitrogens is 7. The summed E-state index contributed by atoms with van der Waals surface area (Å²) in [5.74, 6) is 0.268. The molecule has 3 aromatic heterocycles. The first kappa shape index (κ1) is 16.8. The highest BCUT2D eigenvalue weighted by Gasteiger charge is 2.22. The fraction of sp³-hybridized carbons (Fsp3) is 0.222. The third kappa shape index (κ3) is 3.39. The molecular weight excluding hydrogens is 344 g/mol. The monoisotopic (exact) mass is 362 g/mol. The molecule has 4 aromatic rings. The van der Waals surface area contributed by atoms with E-state index in [9.17, 15) is 4.79 Å². The summed E-state index contributed by atoms with van der Waals surface area (Å²) in [6, 6.07) is 11.2. The van der Waals surface area contributed by atoms with Crippen LogP contribution in [0.1, 0.15) is 33.6 Å². The molecule has 1 N–H and O–H groups in total. The molecule has 0 saturated heterocycles. The lowest BCUT2D eigenvalue weighted by Gasteiger charge is -2.18. The Morgan fingerprint density at radius 3 is 2.59 bits per heavy atom. The number of fused-ring (bicyclic) bond motifs is 1. The van der Waals surface area contributed by atoms with Gasteiger partial charge in [0.25, 0.3) is 11.7 Å².